The average molecular weight is 255 g/mol. The fraction of sp³-hybridized carbons (Fsp3) is 0.273. The molecule has 1 amide bonds. The highest BCUT2D eigenvalue weighted by Crippen LogP contribution is 2.13. The predicted octanol–water partition coefficient (Wildman–Crippen LogP) is 0.629. The van der Waals surface area contributed by atoms with Crippen molar-refractivity contribution in [3.8, 4) is 0 Å². The fourth-order valence-corrected chi connectivity index (χ4v) is 2.21. The zero-order chi connectivity index (χ0) is 12.8. The van der Waals surface area contributed by atoms with E-state index in [1.807, 2.05) is 0 Å². The van der Waals surface area contributed by atoms with Gasteiger partial charge in [0.2, 0.25) is 0 Å². The summed E-state index contributed by atoms with van der Waals surface area (Å²) in [6, 6.07) is 6.47. The van der Waals surface area contributed by atoms with Crippen LogP contribution in [0.1, 0.15) is 17.3 Å². The molecule has 1 rings (SSSR count). The summed E-state index contributed by atoms with van der Waals surface area (Å²) in [5.41, 5.74) is 0.258. The molecule has 5 nitrogen and oxygen atoms in total. The van der Waals surface area contributed by atoms with Crippen LogP contribution in [0.25, 0.3) is 0 Å². The molecule has 0 aromatic heterocycles. The minimum absolute atomic E-state index is 0.258. The minimum Gasteiger partial charge on any atom is -0.480 e. The van der Waals surface area contributed by atoms with Gasteiger partial charge in [-0.25, -0.2) is 0 Å². The molecule has 0 aliphatic carbocycles. The molecule has 1 atom stereocenters. The van der Waals surface area contributed by atoms with Gasteiger partial charge in [-0.05, 0) is 12.1 Å². The van der Waals surface area contributed by atoms with Crippen molar-refractivity contribution in [3.63, 3.8) is 0 Å². The standard InChI is InChI=1S/C11H13NO4S/c1-2-17(16)9-6-4-3-5-8(9)11(15)12-7-10(13)14/h3-6H,2,7H2,1H3,(H,12,15)(H,13,14). The van der Waals surface area contributed by atoms with Crippen LogP contribution < -0.4 is 5.32 Å². The van der Waals surface area contributed by atoms with E-state index in [1.54, 1.807) is 25.1 Å². The highest BCUT2D eigenvalue weighted by molar-refractivity contribution is 7.85. The maximum Gasteiger partial charge on any atom is 0.322 e. The number of carbonyl (C=O) groups excluding carboxylic acids is 1. The summed E-state index contributed by atoms with van der Waals surface area (Å²) in [5, 5.41) is 10.7. The van der Waals surface area contributed by atoms with Gasteiger partial charge in [0.25, 0.3) is 5.91 Å². The summed E-state index contributed by atoms with van der Waals surface area (Å²) in [6.07, 6.45) is 0. The van der Waals surface area contributed by atoms with Crippen molar-refractivity contribution in [2.24, 2.45) is 0 Å². The smallest absolute Gasteiger partial charge is 0.322 e. The molecule has 92 valence electrons. The van der Waals surface area contributed by atoms with Crippen molar-refractivity contribution in [2.45, 2.75) is 11.8 Å². The number of nitrogens with one attached hydrogen (secondary N) is 1. The zero-order valence-corrected chi connectivity index (χ0v) is 10.1. The zero-order valence-electron chi connectivity index (χ0n) is 9.30. The van der Waals surface area contributed by atoms with E-state index in [1.165, 1.54) is 6.07 Å². The minimum atomic E-state index is -1.25. The summed E-state index contributed by atoms with van der Waals surface area (Å²) in [6.45, 7) is 1.30. The van der Waals surface area contributed by atoms with Gasteiger partial charge in [0.15, 0.2) is 0 Å². The van der Waals surface area contributed by atoms with Gasteiger partial charge in [0.05, 0.1) is 21.3 Å². The topological polar surface area (TPSA) is 83.5 Å². The van der Waals surface area contributed by atoms with Gasteiger partial charge >= 0.3 is 5.97 Å². The van der Waals surface area contributed by atoms with E-state index in [0.29, 0.717) is 10.6 Å². The first-order valence-electron chi connectivity index (χ1n) is 5.03. The van der Waals surface area contributed by atoms with Crippen LogP contribution in [-0.2, 0) is 15.6 Å². The Morgan fingerprint density at radius 1 is 1.35 bits per heavy atom. The Kier molecular flexibility index (Phi) is 4.84. The molecular formula is C11H13NO4S. The van der Waals surface area contributed by atoms with Gasteiger partial charge < -0.3 is 10.4 Å². The lowest BCUT2D eigenvalue weighted by Crippen LogP contribution is -2.30. The highest BCUT2D eigenvalue weighted by Gasteiger charge is 2.14. The van der Waals surface area contributed by atoms with Crippen LogP contribution in [-0.4, -0.2) is 33.5 Å². The molecule has 0 saturated heterocycles. The third-order valence-corrected chi connectivity index (χ3v) is 3.41. The summed E-state index contributed by atoms with van der Waals surface area (Å²) in [4.78, 5) is 22.4. The van der Waals surface area contributed by atoms with Crippen LogP contribution in [0.5, 0.6) is 0 Å². The number of aliphatic carboxylic acids is 1. The number of carboxylic acids is 1. The monoisotopic (exact) mass is 255 g/mol. The van der Waals surface area contributed by atoms with E-state index in [0.717, 1.165) is 0 Å². The lowest BCUT2D eigenvalue weighted by Gasteiger charge is -2.07. The van der Waals surface area contributed by atoms with Crippen molar-refractivity contribution in [1.82, 2.24) is 5.32 Å². The molecule has 6 heteroatoms. The summed E-state index contributed by atoms with van der Waals surface area (Å²) in [7, 11) is -1.25. The summed E-state index contributed by atoms with van der Waals surface area (Å²) < 4.78 is 11.7. The Morgan fingerprint density at radius 3 is 2.59 bits per heavy atom. The molecule has 1 aromatic carbocycles. The lowest BCUT2D eigenvalue weighted by molar-refractivity contribution is -0.135. The van der Waals surface area contributed by atoms with Crippen LogP contribution in [0, 0.1) is 0 Å². The molecule has 0 saturated carbocycles. The number of benzene rings is 1. The predicted molar refractivity (Wildman–Crippen MR) is 63.4 cm³/mol. The van der Waals surface area contributed by atoms with E-state index in [9.17, 15) is 13.8 Å². The Morgan fingerprint density at radius 2 is 2.00 bits per heavy atom. The number of hydrogen-bond acceptors (Lipinski definition) is 3. The second kappa shape index (κ2) is 6.15. The normalized spacial score (nSPS) is 11.8. The molecule has 17 heavy (non-hydrogen) atoms. The molecular weight excluding hydrogens is 242 g/mol. The highest BCUT2D eigenvalue weighted by atomic mass is 32.2. The second-order valence-electron chi connectivity index (χ2n) is 3.21. The van der Waals surface area contributed by atoms with Crippen molar-refractivity contribution < 1.29 is 18.9 Å². The fourth-order valence-electron chi connectivity index (χ4n) is 1.26. The number of carbonyl (C=O) groups is 2. The second-order valence-corrected chi connectivity index (χ2v) is 4.91. The molecule has 0 aliphatic heterocycles. The number of amides is 1. The Hall–Kier alpha value is -1.69. The molecule has 0 heterocycles. The van der Waals surface area contributed by atoms with Gasteiger partial charge in [0.1, 0.15) is 6.54 Å². The van der Waals surface area contributed by atoms with Crippen molar-refractivity contribution in [3.05, 3.63) is 29.8 Å². The molecule has 0 aliphatic rings. The van der Waals surface area contributed by atoms with Crippen molar-refractivity contribution in [1.29, 1.82) is 0 Å². The molecule has 1 aromatic rings. The molecule has 2 N–H and O–H groups in total. The first kappa shape index (κ1) is 13.4. The maximum atomic E-state index is 11.7. The maximum absolute atomic E-state index is 11.7. The van der Waals surface area contributed by atoms with Crippen molar-refractivity contribution >= 4 is 22.7 Å². The quantitative estimate of drug-likeness (QED) is 0.808. The Balaban J connectivity index is 2.93. The van der Waals surface area contributed by atoms with E-state index >= 15 is 0 Å². The lowest BCUT2D eigenvalue weighted by atomic mass is 10.2. The van der Waals surface area contributed by atoms with E-state index < -0.39 is 29.2 Å². The van der Waals surface area contributed by atoms with E-state index in [2.05, 4.69) is 5.32 Å². The third-order valence-electron chi connectivity index (χ3n) is 2.04. The number of carboxylic acid groups (broad SMARTS) is 1. The van der Waals surface area contributed by atoms with Crippen LogP contribution in [0.4, 0.5) is 0 Å². The molecule has 0 fully saturated rings. The van der Waals surface area contributed by atoms with E-state index in [4.69, 9.17) is 5.11 Å². The largest absolute Gasteiger partial charge is 0.480 e. The number of hydrogen-bond donors (Lipinski definition) is 2. The first-order valence-corrected chi connectivity index (χ1v) is 6.35. The SMILES string of the molecule is CCS(=O)c1ccccc1C(=O)NCC(=O)O. The van der Waals surface area contributed by atoms with Crippen molar-refractivity contribution in [2.75, 3.05) is 12.3 Å². The average Bonchev–Trinajstić information content (AvgIpc) is 2.34. The van der Waals surface area contributed by atoms with Crippen LogP contribution in [0.2, 0.25) is 0 Å². The van der Waals surface area contributed by atoms with Crippen LogP contribution in [0.3, 0.4) is 0 Å². The number of rotatable bonds is 5. The van der Waals surface area contributed by atoms with Crippen LogP contribution >= 0.6 is 0 Å². The van der Waals surface area contributed by atoms with Gasteiger partial charge in [-0.15, -0.1) is 0 Å². The molecule has 0 radical (unpaired) electrons. The van der Waals surface area contributed by atoms with Gasteiger partial charge in [-0.3, -0.25) is 13.8 Å². The van der Waals surface area contributed by atoms with Gasteiger partial charge in [0, 0.05) is 5.75 Å². The summed E-state index contributed by atoms with van der Waals surface area (Å²) in [5.74, 6) is -1.24. The summed E-state index contributed by atoms with van der Waals surface area (Å²) >= 11 is 0. The van der Waals surface area contributed by atoms with Gasteiger partial charge in [-0.1, -0.05) is 19.1 Å². The first-order chi connectivity index (χ1) is 8.06. The van der Waals surface area contributed by atoms with Gasteiger partial charge in [-0.2, -0.15) is 0 Å². The van der Waals surface area contributed by atoms with Crippen LogP contribution in [0.15, 0.2) is 29.2 Å². The van der Waals surface area contributed by atoms with E-state index in [-0.39, 0.29) is 5.56 Å². The molecule has 0 bridgehead atoms. The molecule has 1 unspecified atom stereocenters. The Bertz CT molecular complexity index is 459. The Labute approximate surface area is 101 Å². The molecule has 0 spiro atoms. The third kappa shape index (κ3) is 3.67.